The van der Waals surface area contributed by atoms with Crippen molar-refractivity contribution >= 4 is 34.9 Å². The molecule has 0 amide bonds. The second kappa shape index (κ2) is 5.77. The van der Waals surface area contributed by atoms with Crippen LogP contribution in [0.25, 0.3) is 10.9 Å². The highest BCUT2D eigenvalue weighted by atomic mass is 79.9. The summed E-state index contributed by atoms with van der Waals surface area (Å²) in [5.41, 5.74) is 2.18. The predicted molar refractivity (Wildman–Crippen MR) is 86.3 cm³/mol. The van der Waals surface area contributed by atoms with Gasteiger partial charge < -0.3 is 4.74 Å². The van der Waals surface area contributed by atoms with E-state index in [1.807, 2.05) is 17.7 Å². The van der Waals surface area contributed by atoms with E-state index in [4.69, 9.17) is 4.74 Å². The van der Waals surface area contributed by atoms with Crippen LogP contribution in [0.5, 0.6) is 0 Å². The first kappa shape index (κ1) is 14.7. The van der Waals surface area contributed by atoms with Crippen LogP contribution < -0.4 is 0 Å². The largest absolute Gasteiger partial charge is 0.360 e. The van der Waals surface area contributed by atoms with Crippen molar-refractivity contribution in [3.8, 4) is 0 Å². The molecule has 0 aliphatic heterocycles. The monoisotopic (exact) mass is 340 g/mol. The van der Waals surface area contributed by atoms with Crippen molar-refractivity contribution in [1.29, 1.82) is 0 Å². The quantitative estimate of drug-likeness (QED) is 0.595. The third-order valence-electron chi connectivity index (χ3n) is 3.11. The predicted octanol–water partition coefficient (Wildman–Crippen LogP) is 4.42. The highest BCUT2D eigenvalue weighted by Crippen LogP contribution is 2.22. The van der Waals surface area contributed by atoms with Gasteiger partial charge in [0.15, 0.2) is 0 Å². The number of rotatable bonds is 5. The van der Waals surface area contributed by atoms with E-state index < -0.39 is 8.07 Å². The molecule has 2 aromatic rings. The fourth-order valence-electron chi connectivity index (χ4n) is 1.94. The van der Waals surface area contributed by atoms with Gasteiger partial charge in [-0.1, -0.05) is 35.6 Å². The van der Waals surface area contributed by atoms with Crippen LogP contribution in [-0.2, 0) is 11.5 Å². The maximum atomic E-state index is 5.77. The lowest BCUT2D eigenvalue weighted by molar-refractivity contribution is 0.0815. The van der Waals surface area contributed by atoms with Crippen LogP contribution in [0.2, 0.25) is 25.7 Å². The lowest BCUT2D eigenvalue weighted by Gasteiger charge is -2.15. The highest BCUT2D eigenvalue weighted by Gasteiger charge is 2.12. The summed E-state index contributed by atoms with van der Waals surface area (Å²) in [6.07, 6.45) is 0. The van der Waals surface area contributed by atoms with Gasteiger partial charge in [-0.25, -0.2) is 4.68 Å². The Balaban J connectivity index is 2.05. The molecule has 0 spiro atoms. The number of halogens is 1. The topological polar surface area (TPSA) is 27.1 Å². The second-order valence-electron chi connectivity index (χ2n) is 6.09. The first-order valence-corrected chi connectivity index (χ1v) is 11.1. The molecule has 5 heteroatoms. The van der Waals surface area contributed by atoms with E-state index in [0.29, 0.717) is 6.73 Å². The summed E-state index contributed by atoms with van der Waals surface area (Å²) < 4.78 is 8.80. The van der Waals surface area contributed by atoms with Crippen LogP contribution in [-0.4, -0.2) is 24.5 Å². The molecule has 0 saturated carbocycles. The number of hydrogen-bond acceptors (Lipinski definition) is 2. The van der Waals surface area contributed by atoms with Crippen LogP contribution in [0, 0.1) is 6.92 Å². The van der Waals surface area contributed by atoms with Gasteiger partial charge in [0.2, 0.25) is 0 Å². The van der Waals surface area contributed by atoms with E-state index in [0.717, 1.165) is 22.3 Å². The van der Waals surface area contributed by atoms with Crippen LogP contribution in [0.4, 0.5) is 0 Å². The van der Waals surface area contributed by atoms with E-state index >= 15 is 0 Å². The Labute approximate surface area is 124 Å². The van der Waals surface area contributed by atoms with E-state index in [1.165, 1.54) is 11.4 Å². The van der Waals surface area contributed by atoms with Gasteiger partial charge in [0.05, 0.1) is 11.2 Å². The van der Waals surface area contributed by atoms with E-state index in [9.17, 15) is 0 Å². The summed E-state index contributed by atoms with van der Waals surface area (Å²) in [6, 6.07) is 7.43. The molecule has 1 aromatic carbocycles. The van der Waals surface area contributed by atoms with Crippen molar-refractivity contribution in [3.05, 3.63) is 28.4 Å². The number of aromatic nitrogens is 2. The average Bonchev–Trinajstić information content (AvgIpc) is 2.60. The van der Waals surface area contributed by atoms with Crippen molar-refractivity contribution in [1.82, 2.24) is 9.78 Å². The molecule has 0 aliphatic carbocycles. The minimum atomic E-state index is -1.01. The van der Waals surface area contributed by atoms with Gasteiger partial charge >= 0.3 is 0 Å². The molecule has 0 N–H and O–H groups in total. The molecule has 0 bridgehead atoms. The zero-order chi connectivity index (χ0) is 14.0. The molecular weight excluding hydrogens is 320 g/mol. The lowest BCUT2D eigenvalue weighted by Crippen LogP contribution is -2.22. The van der Waals surface area contributed by atoms with E-state index in [2.05, 4.69) is 52.8 Å². The standard InChI is InChI=1S/C14H21BrN2OSi/c1-11-13-9-12(15)5-6-14(13)17(16-11)10-18-7-8-19(2,3)4/h5-6,9H,7-8,10H2,1-4H3. The fourth-order valence-corrected chi connectivity index (χ4v) is 3.06. The Morgan fingerprint density at radius 2 is 2.05 bits per heavy atom. The summed E-state index contributed by atoms with van der Waals surface area (Å²) in [5.74, 6) is 0. The Bertz CT molecular complexity index is 575. The zero-order valence-corrected chi connectivity index (χ0v) is 14.6. The van der Waals surface area contributed by atoms with Gasteiger partial charge in [0.1, 0.15) is 6.73 Å². The molecule has 2 rings (SSSR count). The average molecular weight is 341 g/mol. The summed E-state index contributed by atoms with van der Waals surface area (Å²) in [7, 11) is -1.01. The SMILES string of the molecule is Cc1nn(COCC[Si](C)(C)C)c2ccc(Br)cc12. The molecule has 0 unspecified atom stereocenters. The molecule has 0 fully saturated rings. The van der Waals surface area contributed by atoms with Crippen LogP contribution >= 0.6 is 15.9 Å². The van der Waals surface area contributed by atoms with E-state index in [1.54, 1.807) is 0 Å². The summed E-state index contributed by atoms with van der Waals surface area (Å²) in [4.78, 5) is 0. The summed E-state index contributed by atoms with van der Waals surface area (Å²) >= 11 is 3.50. The molecular formula is C14H21BrN2OSi. The molecule has 0 radical (unpaired) electrons. The van der Waals surface area contributed by atoms with Crippen molar-refractivity contribution in [2.24, 2.45) is 0 Å². The van der Waals surface area contributed by atoms with Gasteiger partial charge in [-0.05, 0) is 31.2 Å². The third-order valence-corrected chi connectivity index (χ3v) is 5.30. The number of hydrogen-bond donors (Lipinski definition) is 0. The zero-order valence-electron chi connectivity index (χ0n) is 12.0. The van der Waals surface area contributed by atoms with Crippen molar-refractivity contribution in [2.75, 3.05) is 6.61 Å². The minimum Gasteiger partial charge on any atom is -0.360 e. The van der Waals surface area contributed by atoms with Crippen molar-refractivity contribution < 1.29 is 4.74 Å². The normalized spacial score (nSPS) is 12.3. The first-order valence-electron chi connectivity index (χ1n) is 6.57. The Morgan fingerprint density at radius 3 is 2.74 bits per heavy atom. The van der Waals surface area contributed by atoms with Gasteiger partial charge in [-0.2, -0.15) is 5.10 Å². The molecule has 0 atom stereocenters. The van der Waals surface area contributed by atoms with Gasteiger partial charge in [-0.3, -0.25) is 0 Å². The van der Waals surface area contributed by atoms with Gasteiger partial charge in [0, 0.05) is 24.5 Å². The van der Waals surface area contributed by atoms with Crippen molar-refractivity contribution in [2.45, 2.75) is 39.3 Å². The molecule has 1 heterocycles. The first-order chi connectivity index (χ1) is 8.87. The minimum absolute atomic E-state index is 0.538. The molecule has 0 saturated heterocycles. The van der Waals surface area contributed by atoms with Crippen molar-refractivity contribution in [3.63, 3.8) is 0 Å². The Morgan fingerprint density at radius 1 is 1.32 bits per heavy atom. The molecule has 19 heavy (non-hydrogen) atoms. The number of ether oxygens (including phenoxy) is 1. The third kappa shape index (κ3) is 3.90. The maximum Gasteiger partial charge on any atom is 0.140 e. The molecule has 1 aromatic heterocycles. The molecule has 3 nitrogen and oxygen atoms in total. The summed E-state index contributed by atoms with van der Waals surface area (Å²) in [5, 5.41) is 5.73. The Kier molecular flexibility index (Phi) is 4.48. The van der Waals surface area contributed by atoms with Crippen LogP contribution in [0.1, 0.15) is 5.69 Å². The smallest absolute Gasteiger partial charge is 0.140 e. The van der Waals surface area contributed by atoms with Gasteiger partial charge in [0.25, 0.3) is 0 Å². The van der Waals surface area contributed by atoms with Gasteiger partial charge in [-0.15, -0.1) is 0 Å². The molecule has 0 aliphatic rings. The number of nitrogens with zero attached hydrogens (tertiary/aromatic N) is 2. The molecule has 104 valence electrons. The van der Waals surface area contributed by atoms with E-state index in [-0.39, 0.29) is 0 Å². The fraction of sp³-hybridized carbons (Fsp3) is 0.500. The maximum absolute atomic E-state index is 5.77. The highest BCUT2D eigenvalue weighted by molar-refractivity contribution is 9.10. The lowest BCUT2D eigenvalue weighted by atomic mass is 10.2. The Hall–Kier alpha value is -0.653. The number of fused-ring (bicyclic) bond motifs is 1. The number of benzene rings is 1. The summed E-state index contributed by atoms with van der Waals surface area (Å²) in [6.45, 7) is 10.5. The van der Waals surface area contributed by atoms with Crippen LogP contribution in [0.3, 0.4) is 0 Å². The second-order valence-corrected chi connectivity index (χ2v) is 12.6. The van der Waals surface area contributed by atoms with Crippen LogP contribution in [0.15, 0.2) is 22.7 Å². The number of aryl methyl sites for hydroxylation is 1.